The van der Waals surface area contributed by atoms with Crippen LogP contribution in [0.4, 0.5) is 14.5 Å². The molecule has 0 spiro atoms. The van der Waals surface area contributed by atoms with Crippen molar-refractivity contribution < 1.29 is 27.3 Å². The molecule has 1 atom stereocenters. The molecule has 5 nitrogen and oxygen atoms in total. The monoisotopic (exact) mass is 399 g/mol. The van der Waals surface area contributed by atoms with Crippen LogP contribution in [0.5, 0.6) is 0 Å². The number of alkyl halides is 2. The molecule has 0 unspecified atom stereocenters. The molecule has 0 radical (unpaired) electrons. The summed E-state index contributed by atoms with van der Waals surface area (Å²) in [5.41, 5.74) is 0.522. The topological polar surface area (TPSA) is 72.5 Å². The summed E-state index contributed by atoms with van der Waals surface area (Å²) in [5.74, 6) is -3.85. The summed E-state index contributed by atoms with van der Waals surface area (Å²) in [6.07, 6.45) is 1.44. The van der Waals surface area contributed by atoms with E-state index in [-0.39, 0.29) is 5.56 Å². The predicted octanol–water partition coefficient (Wildman–Crippen LogP) is 3.53. The number of anilines is 1. The number of hydrogen-bond donors (Lipinski definition) is 1. The van der Waals surface area contributed by atoms with E-state index in [2.05, 4.69) is 5.32 Å². The molecule has 2 aromatic rings. The summed E-state index contributed by atoms with van der Waals surface area (Å²) in [4.78, 5) is 24.6. The lowest BCUT2D eigenvalue weighted by atomic mass is 10.2. The molecule has 26 heavy (non-hydrogen) atoms. The Balaban J connectivity index is 1.91. The van der Waals surface area contributed by atoms with Crippen molar-refractivity contribution in [1.82, 2.24) is 0 Å². The normalized spacial score (nSPS) is 11.8. The number of carbonyl (C=O) groups excluding carboxylic acids is 2. The largest absolute Gasteiger partial charge is 0.452 e. The highest BCUT2D eigenvalue weighted by Gasteiger charge is 2.16. The number of carbonyl (C=O) groups is 2. The maximum Gasteiger partial charge on any atom is 0.339 e. The second-order valence-electron chi connectivity index (χ2n) is 4.98. The number of esters is 1. The van der Waals surface area contributed by atoms with Crippen LogP contribution in [0.2, 0.25) is 0 Å². The van der Waals surface area contributed by atoms with Gasteiger partial charge in [0.2, 0.25) is 0 Å². The van der Waals surface area contributed by atoms with Crippen LogP contribution in [0.15, 0.2) is 58.3 Å². The lowest BCUT2D eigenvalue weighted by molar-refractivity contribution is -0.119. The molecule has 9 heteroatoms. The first kappa shape index (κ1) is 20.1. The lowest BCUT2D eigenvalue weighted by Crippen LogP contribution is -2.21. The minimum atomic E-state index is -2.52. The number of hydrogen-bond acceptors (Lipinski definition) is 5. The van der Waals surface area contributed by atoms with E-state index in [1.54, 1.807) is 18.2 Å². The minimum Gasteiger partial charge on any atom is -0.452 e. The van der Waals surface area contributed by atoms with Crippen LogP contribution in [-0.4, -0.2) is 34.7 Å². The lowest BCUT2D eigenvalue weighted by Gasteiger charge is -2.09. The summed E-state index contributed by atoms with van der Waals surface area (Å²) < 4.78 is 41.1. The molecule has 0 aliphatic heterocycles. The molecule has 0 saturated carbocycles. The molecule has 1 N–H and O–H groups in total. The van der Waals surface area contributed by atoms with Crippen molar-refractivity contribution >= 4 is 40.1 Å². The van der Waals surface area contributed by atoms with Crippen LogP contribution in [0, 0.1) is 0 Å². The fourth-order valence-electron chi connectivity index (χ4n) is 2.01. The van der Waals surface area contributed by atoms with Crippen LogP contribution in [0.3, 0.4) is 0 Å². The van der Waals surface area contributed by atoms with E-state index in [0.29, 0.717) is 27.2 Å². The Morgan fingerprint density at radius 3 is 2.42 bits per heavy atom. The van der Waals surface area contributed by atoms with Crippen LogP contribution < -0.4 is 5.32 Å². The van der Waals surface area contributed by atoms with Crippen molar-refractivity contribution in [2.45, 2.75) is 15.5 Å². The van der Waals surface area contributed by atoms with Gasteiger partial charge in [0.05, 0.1) is 21.3 Å². The van der Waals surface area contributed by atoms with Gasteiger partial charge < -0.3 is 10.1 Å². The van der Waals surface area contributed by atoms with Gasteiger partial charge in [-0.3, -0.25) is 9.00 Å². The Labute approximate surface area is 155 Å². The smallest absolute Gasteiger partial charge is 0.339 e. The molecular formula is C17H15F2NO4S2. The van der Waals surface area contributed by atoms with Gasteiger partial charge >= 0.3 is 5.97 Å². The van der Waals surface area contributed by atoms with E-state index >= 15 is 0 Å². The van der Waals surface area contributed by atoms with Crippen molar-refractivity contribution in [3.8, 4) is 0 Å². The summed E-state index contributed by atoms with van der Waals surface area (Å²) in [5, 5.41) is 2.49. The Bertz CT molecular complexity index is 813. The molecule has 0 fully saturated rings. The molecule has 0 aromatic heterocycles. The van der Waals surface area contributed by atoms with Gasteiger partial charge in [0.25, 0.3) is 11.7 Å². The Kier molecular flexibility index (Phi) is 7.28. The molecular weight excluding hydrogens is 384 g/mol. The quantitative estimate of drug-likeness (QED) is 0.570. The van der Waals surface area contributed by atoms with Gasteiger partial charge in [0, 0.05) is 16.8 Å². The van der Waals surface area contributed by atoms with Crippen molar-refractivity contribution in [3.63, 3.8) is 0 Å². The standard InChI is InChI=1S/C17H15F2NO4S2/c1-26(23)14-5-3-2-4-13(14)16(22)24-10-15(21)20-11-6-8-12(9-7-11)25-17(18)19/h2-9,17H,10H2,1H3,(H,20,21)/t26-/m1/s1. The fraction of sp³-hybridized carbons (Fsp3) is 0.176. The molecule has 138 valence electrons. The third-order valence-electron chi connectivity index (χ3n) is 3.11. The van der Waals surface area contributed by atoms with Crippen molar-refractivity contribution in [2.24, 2.45) is 0 Å². The first-order valence-electron chi connectivity index (χ1n) is 7.31. The van der Waals surface area contributed by atoms with Gasteiger partial charge in [-0.1, -0.05) is 23.9 Å². The van der Waals surface area contributed by atoms with E-state index in [1.807, 2.05) is 0 Å². The van der Waals surface area contributed by atoms with Gasteiger partial charge in [-0.2, -0.15) is 8.78 Å². The molecule has 2 aromatic carbocycles. The Morgan fingerprint density at radius 1 is 1.15 bits per heavy atom. The van der Waals surface area contributed by atoms with Crippen molar-refractivity contribution in [1.29, 1.82) is 0 Å². The van der Waals surface area contributed by atoms with E-state index in [9.17, 15) is 22.6 Å². The maximum atomic E-state index is 12.3. The van der Waals surface area contributed by atoms with Crippen LogP contribution in [0.1, 0.15) is 10.4 Å². The molecule has 0 saturated heterocycles. The van der Waals surface area contributed by atoms with E-state index in [0.717, 1.165) is 0 Å². The average molecular weight is 399 g/mol. The van der Waals surface area contributed by atoms with Gasteiger partial charge in [-0.25, -0.2) is 4.79 Å². The van der Waals surface area contributed by atoms with Gasteiger partial charge in [0.1, 0.15) is 0 Å². The van der Waals surface area contributed by atoms with Gasteiger partial charge in [-0.15, -0.1) is 0 Å². The molecule has 0 heterocycles. The van der Waals surface area contributed by atoms with E-state index in [1.165, 1.54) is 36.6 Å². The highest BCUT2D eigenvalue weighted by Crippen LogP contribution is 2.26. The highest BCUT2D eigenvalue weighted by molar-refractivity contribution is 7.99. The number of benzene rings is 2. The second-order valence-corrected chi connectivity index (χ2v) is 7.39. The summed E-state index contributed by atoms with van der Waals surface area (Å²) in [7, 11) is -1.37. The summed E-state index contributed by atoms with van der Waals surface area (Å²) >= 11 is 0.401. The number of thioether (sulfide) groups is 1. The first-order valence-corrected chi connectivity index (χ1v) is 9.75. The molecule has 1 amide bonds. The van der Waals surface area contributed by atoms with E-state index < -0.39 is 35.0 Å². The molecule has 0 aliphatic rings. The van der Waals surface area contributed by atoms with E-state index in [4.69, 9.17) is 4.74 Å². The molecule has 2 rings (SSSR count). The van der Waals surface area contributed by atoms with Crippen LogP contribution >= 0.6 is 11.8 Å². The zero-order valence-electron chi connectivity index (χ0n) is 13.6. The third kappa shape index (κ3) is 5.92. The first-order chi connectivity index (χ1) is 12.4. The summed E-state index contributed by atoms with van der Waals surface area (Å²) in [6.45, 7) is -0.531. The Hall–Kier alpha value is -2.26. The number of rotatable bonds is 7. The number of nitrogens with one attached hydrogen (secondary N) is 1. The minimum absolute atomic E-state index is 0.134. The Morgan fingerprint density at radius 2 is 1.81 bits per heavy atom. The second kappa shape index (κ2) is 9.44. The number of halogens is 2. The summed E-state index contributed by atoms with van der Waals surface area (Å²) in [6, 6.07) is 12.1. The zero-order chi connectivity index (χ0) is 19.1. The van der Waals surface area contributed by atoms with Crippen LogP contribution in [0.25, 0.3) is 0 Å². The van der Waals surface area contributed by atoms with Crippen molar-refractivity contribution in [3.05, 3.63) is 54.1 Å². The fourth-order valence-corrected chi connectivity index (χ4v) is 3.24. The molecule has 0 bridgehead atoms. The van der Waals surface area contributed by atoms with Gasteiger partial charge in [-0.05, 0) is 36.4 Å². The predicted molar refractivity (Wildman–Crippen MR) is 96.0 cm³/mol. The van der Waals surface area contributed by atoms with Crippen molar-refractivity contribution in [2.75, 3.05) is 18.2 Å². The van der Waals surface area contributed by atoms with Gasteiger partial charge in [0.15, 0.2) is 6.61 Å². The average Bonchev–Trinajstić information content (AvgIpc) is 2.61. The molecule has 0 aliphatic carbocycles. The highest BCUT2D eigenvalue weighted by atomic mass is 32.2. The zero-order valence-corrected chi connectivity index (χ0v) is 15.2. The number of ether oxygens (including phenoxy) is 1. The number of amides is 1. The van der Waals surface area contributed by atoms with Crippen LogP contribution in [-0.2, 0) is 20.3 Å². The third-order valence-corrected chi connectivity index (χ3v) is 4.81. The SMILES string of the molecule is C[S@@](=O)c1ccccc1C(=O)OCC(=O)Nc1ccc(SC(F)F)cc1. The maximum absolute atomic E-state index is 12.3.